The van der Waals surface area contributed by atoms with Gasteiger partial charge in [0, 0.05) is 18.2 Å². The number of carbonyl (C=O) groups is 1. The summed E-state index contributed by atoms with van der Waals surface area (Å²) in [6.07, 6.45) is 4.75. The molecule has 1 aromatic rings. The molecule has 0 spiro atoms. The number of benzene rings is 1. The van der Waals surface area contributed by atoms with Gasteiger partial charge in [-0.25, -0.2) is 0 Å². The van der Waals surface area contributed by atoms with Crippen LogP contribution in [0.1, 0.15) is 54.1 Å². The van der Waals surface area contributed by atoms with Gasteiger partial charge in [-0.2, -0.15) is 0 Å². The van der Waals surface area contributed by atoms with Gasteiger partial charge < -0.3 is 10.1 Å². The number of rotatable bonds is 5. The highest BCUT2D eigenvalue weighted by Gasteiger charge is 2.17. The summed E-state index contributed by atoms with van der Waals surface area (Å²) in [5.41, 5.74) is 3.00. The van der Waals surface area contributed by atoms with Crippen LogP contribution in [0.15, 0.2) is 18.2 Å². The Morgan fingerprint density at radius 3 is 2.90 bits per heavy atom. The van der Waals surface area contributed by atoms with Crippen molar-refractivity contribution in [1.29, 1.82) is 0 Å². The van der Waals surface area contributed by atoms with Crippen LogP contribution < -0.4 is 5.32 Å². The predicted octanol–water partition coefficient (Wildman–Crippen LogP) is 3.38. The lowest BCUT2D eigenvalue weighted by atomic mass is 10.0. The molecule has 0 aromatic heterocycles. The van der Waals surface area contributed by atoms with Crippen molar-refractivity contribution in [1.82, 2.24) is 5.32 Å². The molecule has 20 heavy (non-hydrogen) atoms. The number of nitrogens with one attached hydrogen (secondary N) is 1. The fourth-order valence-electron chi connectivity index (χ4n) is 2.75. The fraction of sp³-hybridized carbons (Fsp3) is 0.588. The van der Waals surface area contributed by atoms with Crippen LogP contribution in [0.5, 0.6) is 0 Å². The standard InChI is InChI=1S/C17H25NO2/c1-12-6-9-16(13(2)11-12)17(19)18-14(3)7-8-15-5-4-10-20-15/h6,9,11,14-15H,4-5,7-8,10H2,1-3H3,(H,18,19). The van der Waals surface area contributed by atoms with Crippen LogP contribution in [0.2, 0.25) is 0 Å². The first kappa shape index (κ1) is 15.0. The van der Waals surface area contributed by atoms with Gasteiger partial charge in [0.05, 0.1) is 6.10 Å². The highest BCUT2D eigenvalue weighted by atomic mass is 16.5. The van der Waals surface area contributed by atoms with Crippen LogP contribution in [0, 0.1) is 13.8 Å². The van der Waals surface area contributed by atoms with Gasteiger partial charge in [-0.3, -0.25) is 4.79 Å². The van der Waals surface area contributed by atoms with Gasteiger partial charge in [0.25, 0.3) is 5.91 Å². The molecule has 1 aromatic carbocycles. The van der Waals surface area contributed by atoms with Gasteiger partial charge in [-0.15, -0.1) is 0 Å². The molecule has 1 N–H and O–H groups in total. The molecular formula is C17H25NO2. The SMILES string of the molecule is Cc1ccc(C(=O)NC(C)CCC2CCCO2)c(C)c1. The topological polar surface area (TPSA) is 38.3 Å². The molecule has 1 heterocycles. The molecule has 1 aliphatic heterocycles. The first-order chi connectivity index (χ1) is 9.56. The molecule has 1 fully saturated rings. The summed E-state index contributed by atoms with van der Waals surface area (Å²) >= 11 is 0. The van der Waals surface area contributed by atoms with Crippen LogP contribution in [-0.4, -0.2) is 24.7 Å². The van der Waals surface area contributed by atoms with Crippen molar-refractivity contribution in [3.8, 4) is 0 Å². The van der Waals surface area contributed by atoms with Crippen molar-refractivity contribution in [2.75, 3.05) is 6.61 Å². The summed E-state index contributed by atoms with van der Waals surface area (Å²) in [6, 6.07) is 6.13. The second kappa shape index (κ2) is 6.89. The summed E-state index contributed by atoms with van der Waals surface area (Å²) < 4.78 is 5.61. The third kappa shape index (κ3) is 4.07. The van der Waals surface area contributed by atoms with E-state index in [9.17, 15) is 4.79 Å². The van der Waals surface area contributed by atoms with E-state index in [1.54, 1.807) is 0 Å². The Morgan fingerprint density at radius 1 is 1.45 bits per heavy atom. The van der Waals surface area contributed by atoms with Crippen molar-refractivity contribution >= 4 is 5.91 Å². The highest BCUT2D eigenvalue weighted by molar-refractivity contribution is 5.95. The third-order valence-corrected chi connectivity index (χ3v) is 3.95. The van der Waals surface area contributed by atoms with E-state index >= 15 is 0 Å². The molecule has 0 saturated carbocycles. The minimum Gasteiger partial charge on any atom is -0.378 e. The molecule has 0 aliphatic carbocycles. The Hall–Kier alpha value is -1.35. The molecule has 1 aliphatic rings. The number of ether oxygens (including phenoxy) is 1. The number of hydrogen-bond acceptors (Lipinski definition) is 2. The van der Waals surface area contributed by atoms with Crippen LogP contribution in [0.25, 0.3) is 0 Å². The van der Waals surface area contributed by atoms with Crippen LogP contribution in [0.3, 0.4) is 0 Å². The number of carbonyl (C=O) groups excluding carboxylic acids is 1. The molecule has 110 valence electrons. The summed E-state index contributed by atoms with van der Waals surface area (Å²) in [6.45, 7) is 6.99. The maximum atomic E-state index is 12.2. The van der Waals surface area contributed by atoms with Gasteiger partial charge >= 0.3 is 0 Å². The molecule has 2 unspecified atom stereocenters. The lowest BCUT2D eigenvalue weighted by Crippen LogP contribution is -2.33. The lowest BCUT2D eigenvalue weighted by Gasteiger charge is -2.17. The maximum absolute atomic E-state index is 12.2. The molecule has 3 heteroatoms. The monoisotopic (exact) mass is 275 g/mol. The summed E-state index contributed by atoms with van der Waals surface area (Å²) in [5.74, 6) is 0.0299. The first-order valence-corrected chi connectivity index (χ1v) is 7.56. The van der Waals surface area contributed by atoms with Gasteiger partial charge in [-0.1, -0.05) is 17.7 Å². The van der Waals surface area contributed by atoms with E-state index in [0.717, 1.165) is 37.0 Å². The lowest BCUT2D eigenvalue weighted by molar-refractivity contribution is 0.0899. The van der Waals surface area contributed by atoms with Gasteiger partial charge in [0.2, 0.25) is 0 Å². The zero-order valence-electron chi connectivity index (χ0n) is 12.7. The molecule has 3 nitrogen and oxygen atoms in total. The molecular weight excluding hydrogens is 250 g/mol. The molecule has 0 radical (unpaired) electrons. The smallest absolute Gasteiger partial charge is 0.251 e. The van der Waals surface area contributed by atoms with E-state index in [1.807, 2.05) is 32.0 Å². The molecule has 0 bridgehead atoms. The Balaban J connectivity index is 1.83. The molecule has 1 amide bonds. The normalized spacial score (nSPS) is 19.9. The zero-order chi connectivity index (χ0) is 14.5. The van der Waals surface area contributed by atoms with E-state index in [2.05, 4.69) is 12.2 Å². The quantitative estimate of drug-likeness (QED) is 0.894. The van der Waals surface area contributed by atoms with E-state index in [0.29, 0.717) is 6.10 Å². The fourth-order valence-corrected chi connectivity index (χ4v) is 2.75. The van der Waals surface area contributed by atoms with Crippen molar-refractivity contribution in [3.63, 3.8) is 0 Å². The summed E-state index contributed by atoms with van der Waals surface area (Å²) in [5, 5.41) is 3.09. The van der Waals surface area contributed by atoms with Gasteiger partial charge in [0.15, 0.2) is 0 Å². The Labute approximate surface area is 121 Å². The van der Waals surface area contributed by atoms with E-state index in [1.165, 1.54) is 12.0 Å². The average molecular weight is 275 g/mol. The molecule has 1 saturated heterocycles. The van der Waals surface area contributed by atoms with Crippen molar-refractivity contribution in [3.05, 3.63) is 34.9 Å². The van der Waals surface area contributed by atoms with Crippen molar-refractivity contribution in [2.24, 2.45) is 0 Å². The number of aryl methyl sites for hydroxylation is 2. The Morgan fingerprint density at radius 2 is 2.25 bits per heavy atom. The van der Waals surface area contributed by atoms with Gasteiger partial charge in [0.1, 0.15) is 0 Å². The second-order valence-corrected chi connectivity index (χ2v) is 5.91. The zero-order valence-corrected chi connectivity index (χ0v) is 12.7. The summed E-state index contributed by atoms with van der Waals surface area (Å²) in [4.78, 5) is 12.2. The third-order valence-electron chi connectivity index (χ3n) is 3.95. The number of hydrogen-bond donors (Lipinski definition) is 1. The average Bonchev–Trinajstić information content (AvgIpc) is 2.89. The molecule has 2 rings (SSSR count). The Kier molecular flexibility index (Phi) is 5.18. The largest absolute Gasteiger partial charge is 0.378 e. The van der Waals surface area contributed by atoms with Crippen LogP contribution in [0.4, 0.5) is 0 Å². The summed E-state index contributed by atoms with van der Waals surface area (Å²) in [7, 11) is 0. The maximum Gasteiger partial charge on any atom is 0.251 e. The van der Waals surface area contributed by atoms with Crippen LogP contribution in [-0.2, 0) is 4.74 Å². The highest BCUT2D eigenvalue weighted by Crippen LogP contribution is 2.18. The predicted molar refractivity (Wildman–Crippen MR) is 81.1 cm³/mol. The van der Waals surface area contributed by atoms with Crippen molar-refractivity contribution in [2.45, 2.75) is 58.6 Å². The minimum absolute atomic E-state index is 0.0299. The second-order valence-electron chi connectivity index (χ2n) is 5.91. The van der Waals surface area contributed by atoms with Crippen LogP contribution >= 0.6 is 0 Å². The number of amides is 1. The van der Waals surface area contributed by atoms with E-state index in [4.69, 9.17) is 4.74 Å². The first-order valence-electron chi connectivity index (χ1n) is 7.56. The Bertz CT molecular complexity index is 464. The van der Waals surface area contributed by atoms with Crippen molar-refractivity contribution < 1.29 is 9.53 Å². The minimum atomic E-state index is 0.0299. The van der Waals surface area contributed by atoms with E-state index < -0.39 is 0 Å². The van der Waals surface area contributed by atoms with Gasteiger partial charge in [-0.05, 0) is 58.1 Å². The van der Waals surface area contributed by atoms with E-state index in [-0.39, 0.29) is 11.9 Å². The molecule has 2 atom stereocenters.